The summed E-state index contributed by atoms with van der Waals surface area (Å²) in [6.07, 6.45) is 1.48. The number of nitrogens with one attached hydrogen (secondary N) is 3. The van der Waals surface area contributed by atoms with Crippen LogP contribution in [0.5, 0.6) is 11.5 Å². The van der Waals surface area contributed by atoms with Crippen LogP contribution in [0, 0.1) is 0 Å². The molecule has 0 aromatic heterocycles. The first-order chi connectivity index (χ1) is 20.8. The topological polar surface area (TPSA) is 106 Å². The first-order valence-corrected chi connectivity index (χ1v) is 14.8. The molecule has 11 heteroatoms. The molecule has 3 N–H and O–H groups in total. The average Bonchev–Trinajstić information content (AvgIpc) is 3.01. The molecule has 0 radical (unpaired) electrons. The molecule has 218 valence electrons. The van der Waals surface area contributed by atoms with Crippen LogP contribution >= 0.6 is 35.0 Å². The van der Waals surface area contributed by atoms with Crippen LogP contribution in [-0.2, 0) is 9.59 Å². The molecule has 1 heterocycles. The zero-order chi connectivity index (χ0) is 30.2. The first-order valence-electron chi connectivity index (χ1n) is 13.1. The third-order valence-corrected chi connectivity index (χ3v) is 7.64. The van der Waals surface area contributed by atoms with Gasteiger partial charge in [-0.25, -0.2) is 0 Å². The van der Waals surface area contributed by atoms with Gasteiger partial charge in [0.2, 0.25) is 5.91 Å². The average molecular weight is 635 g/mol. The summed E-state index contributed by atoms with van der Waals surface area (Å²) >= 11 is 13.7. The summed E-state index contributed by atoms with van der Waals surface area (Å²) in [5.74, 6) is 0.149. The van der Waals surface area contributed by atoms with Gasteiger partial charge in [0.05, 0.1) is 5.75 Å². The normalized spacial score (nSPS) is 12.3. The maximum Gasteiger partial charge on any atom is 0.272 e. The van der Waals surface area contributed by atoms with E-state index in [0.717, 1.165) is 4.90 Å². The third kappa shape index (κ3) is 8.32. The van der Waals surface area contributed by atoms with Crippen molar-refractivity contribution in [2.45, 2.75) is 4.90 Å². The number of amides is 3. The van der Waals surface area contributed by atoms with E-state index < -0.39 is 11.8 Å². The quantitative estimate of drug-likeness (QED) is 0.137. The van der Waals surface area contributed by atoms with Crippen molar-refractivity contribution in [3.05, 3.63) is 118 Å². The molecule has 0 aliphatic carbocycles. The van der Waals surface area contributed by atoms with Crippen molar-refractivity contribution < 1.29 is 23.9 Å². The Kier molecular flexibility index (Phi) is 9.88. The second-order valence-electron chi connectivity index (χ2n) is 9.22. The van der Waals surface area contributed by atoms with Crippen molar-refractivity contribution >= 4 is 70.1 Å². The maximum absolute atomic E-state index is 13.4. The molecular weight excluding hydrogens is 609 g/mol. The highest BCUT2D eigenvalue weighted by atomic mass is 35.5. The summed E-state index contributed by atoms with van der Waals surface area (Å²) in [6.45, 7) is 0.949. The Labute approximate surface area is 262 Å². The number of hydrogen-bond donors (Lipinski definition) is 3. The highest BCUT2D eigenvalue weighted by Crippen LogP contribution is 2.33. The summed E-state index contributed by atoms with van der Waals surface area (Å²) in [6, 6.07) is 25.7. The number of carbonyl (C=O) groups excluding carboxylic acids is 3. The van der Waals surface area contributed by atoms with Gasteiger partial charge in [0.1, 0.15) is 18.9 Å². The summed E-state index contributed by atoms with van der Waals surface area (Å²) in [5, 5.41) is 9.11. The fourth-order valence-corrected chi connectivity index (χ4v) is 5.26. The highest BCUT2D eigenvalue weighted by molar-refractivity contribution is 8.00. The maximum atomic E-state index is 13.4. The van der Waals surface area contributed by atoms with Crippen molar-refractivity contribution in [3.8, 4) is 11.5 Å². The van der Waals surface area contributed by atoms with Crippen molar-refractivity contribution in [3.63, 3.8) is 0 Å². The van der Waals surface area contributed by atoms with Crippen LogP contribution < -0.4 is 25.4 Å². The van der Waals surface area contributed by atoms with E-state index >= 15 is 0 Å². The van der Waals surface area contributed by atoms with Gasteiger partial charge in [0.25, 0.3) is 11.8 Å². The molecule has 8 nitrogen and oxygen atoms in total. The van der Waals surface area contributed by atoms with Crippen molar-refractivity contribution in [2.75, 3.05) is 29.6 Å². The molecule has 0 fully saturated rings. The lowest BCUT2D eigenvalue weighted by Crippen LogP contribution is -2.30. The minimum atomic E-state index is -0.561. The fraction of sp³-hybridized carbons (Fsp3) is 0.0938. The molecule has 0 saturated heterocycles. The molecule has 0 bridgehead atoms. The van der Waals surface area contributed by atoms with Gasteiger partial charge in [-0.2, -0.15) is 0 Å². The van der Waals surface area contributed by atoms with E-state index in [0.29, 0.717) is 57.3 Å². The Bertz CT molecular complexity index is 1700. The molecule has 3 amide bonds. The van der Waals surface area contributed by atoms with Crippen LogP contribution in [0.15, 0.2) is 102 Å². The van der Waals surface area contributed by atoms with Crippen molar-refractivity contribution in [1.82, 2.24) is 5.32 Å². The third-order valence-electron chi connectivity index (χ3n) is 6.08. The SMILES string of the molecule is O=C(CSc1cccc(NC(=O)/C(=C\c2ccc(Cl)cc2Cl)NC(=O)c2ccccc2)c1)Nc1ccc2c(c1)OCCO2. The number of hydrogen-bond acceptors (Lipinski definition) is 6. The lowest BCUT2D eigenvalue weighted by atomic mass is 10.1. The minimum absolute atomic E-state index is 0.0186. The van der Waals surface area contributed by atoms with Crippen molar-refractivity contribution in [1.29, 1.82) is 0 Å². The van der Waals surface area contributed by atoms with Crippen molar-refractivity contribution in [2.24, 2.45) is 0 Å². The number of halogens is 2. The molecular formula is C32H25Cl2N3O5S. The Balaban J connectivity index is 1.25. The highest BCUT2D eigenvalue weighted by Gasteiger charge is 2.17. The summed E-state index contributed by atoms with van der Waals surface area (Å²) in [5.41, 5.74) is 1.95. The molecule has 0 unspecified atom stereocenters. The molecule has 4 aromatic carbocycles. The first kappa shape index (κ1) is 30.0. The predicted octanol–water partition coefficient (Wildman–Crippen LogP) is 6.91. The van der Waals surface area contributed by atoms with Gasteiger partial charge in [-0.05, 0) is 66.2 Å². The minimum Gasteiger partial charge on any atom is -0.486 e. The van der Waals surface area contributed by atoms with E-state index in [1.807, 2.05) is 6.07 Å². The second kappa shape index (κ2) is 14.2. The Hall–Kier alpha value is -4.44. The monoisotopic (exact) mass is 633 g/mol. The molecule has 1 aliphatic heterocycles. The Morgan fingerprint density at radius 1 is 0.791 bits per heavy atom. The molecule has 5 rings (SSSR count). The molecule has 1 aliphatic rings. The van der Waals surface area contributed by atoms with Gasteiger partial charge < -0.3 is 25.4 Å². The predicted molar refractivity (Wildman–Crippen MR) is 170 cm³/mol. The van der Waals surface area contributed by atoms with Gasteiger partial charge >= 0.3 is 0 Å². The van der Waals surface area contributed by atoms with Crippen LogP contribution in [-0.4, -0.2) is 36.7 Å². The summed E-state index contributed by atoms with van der Waals surface area (Å²) in [7, 11) is 0. The van der Waals surface area contributed by atoms with Gasteiger partial charge in [-0.1, -0.05) is 53.5 Å². The van der Waals surface area contributed by atoms with Gasteiger partial charge in [-0.15, -0.1) is 11.8 Å². The molecule has 4 aromatic rings. The number of benzene rings is 4. The zero-order valence-electron chi connectivity index (χ0n) is 22.6. The standard InChI is InChI=1S/C32H25Cl2N3O5S/c33-22-10-9-21(26(34)16-22)15-27(37-31(39)20-5-2-1-3-6-20)32(40)36-23-7-4-8-25(17-23)43-19-30(38)35-24-11-12-28-29(18-24)42-14-13-41-28/h1-12,15-18H,13-14,19H2,(H,35,38)(H,36,40)(H,37,39)/b27-15+. The van der Waals surface area contributed by atoms with E-state index in [-0.39, 0.29) is 17.4 Å². The largest absolute Gasteiger partial charge is 0.486 e. The van der Waals surface area contributed by atoms with Gasteiger partial charge in [0.15, 0.2) is 11.5 Å². The zero-order valence-corrected chi connectivity index (χ0v) is 24.9. The van der Waals surface area contributed by atoms with E-state index in [4.69, 9.17) is 32.7 Å². The van der Waals surface area contributed by atoms with Gasteiger partial charge in [0, 0.05) is 37.9 Å². The number of ether oxygens (including phenoxy) is 2. The molecule has 0 spiro atoms. The van der Waals surface area contributed by atoms with Crippen LogP contribution in [0.4, 0.5) is 11.4 Å². The molecule has 0 saturated carbocycles. The lowest BCUT2D eigenvalue weighted by Gasteiger charge is -2.19. The smallest absolute Gasteiger partial charge is 0.272 e. The van der Waals surface area contributed by atoms with Crippen LogP contribution in [0.1, 0.15) is 15.9 Å². The Morgan fingerprint density at radius 3 is 2.35 bits per heavy atom. The summed E-state index contributed by atoms with van der Waals surface area (Å²) < 4.78 is 11.1. The van der Waals surface area contributed by atoms with Crippen LogP contribution in [0.25, 0.3) is 6.08 Å². The molecule has 43 heavy (non-hydrogen) atoms. The summed E-state index contributed by atoms with van der Waals surface area (Å²) in [4.78, 5) is 39.7. The Morgan fingerprint density at radius 2 is 1.56 bits per heavy atom. The van der Waals surface area contributed by atoms with E-state index in [2.05, 4.69) is 16.0 Å². The molecule has 0 atom stereocenters. The number of fused-ring (bicyclic) bond motifs is 1. The number of carbonyl (C=O) groups is 3. The van der Waals surface area contributed by atoms with Crippen LogP contribution in [0.3, 0.4) is 0 Å². The van der Waals surface area contributed by atoms with E-state index in [9.17, 15) is 14.4 Å². The number of rotatable bonds is 9. The number of anilines is 2. The fourth-order valence-electron chi connectivity index (χ4n) is 4.05. The number of thioether (sulfide) groups is 1. The lowest BCUT2D eigenvalue weighted by molar-refractivity contribution is -0.114. The van der Waals surface area contributed by atoms with Gasteiger partial charge in [-0.3, -0.25) is 14.4 Å². The second-order valence-corrected chi connectivity index (χ2v) is 11.1. The van der Waals surface area contributed by atoms with E-state index in [1.165, 1.54) is 17.8 Å². The van der Waals surface area contributed by atoms with E-state index in [1.54, 1.807) is 84.9 Å². The van der Waals surface area contributed by atoms with Crippen LogP contribution in [0.2, 0.25) is 10.0 Å².